The van der Waals surface area contributed by atoms with Crippen molar-refractivity contribution in [2.45, 2.75) is 173 Å². The minimum Gasteiger partial charge on any atom is -0.394 e. The van der Waals surface area contributed by atoms with E-state index in [0.29, 0.717) is 30.1 Å². The van der Waals surface area contributed by atoms with Crippen LogP contribution in [0.3, 0.4) is 0 Å². The first-order valence-corrected chi connectivity index (χ1v) is 19.9. The highest BCUT2D eigenvalue weighted by Crippen LogP contribution is 2.65. The van der Waals surface area contributed by atoms with Gasteiger partial charge in [0, 0.05) is 0 Å². The van der Waals surface area contributed by atoms with E-state index in [9.17, 15) is 40.9 Å². The first-order chi connectivity index (χ1) is 24.5. The zero-order valence-electron chi connectivity index (χ0n) is 31.9. The van der Waals surface area contributed by atoms with Gasteiger partial charge in [0.25, 0.3) is 0 Å². The van der Waals surface area contributed by atoms with E-state index < -0.39 is 74.6 Å². The fraction of sp³-hybridized carbons (Fsp3) is 0.900. The quantitative estimate of drug-likeness (QED) is 0.154. The Hall–Kier alpha value is -1.00. The van der Waals surface area contributed by atoms with Gasteiger partial charge in [-0.15, -0.1) is 0 Å². The molecule has 2 saturated heterocycles. The highest BCUT2D eigenvalue weighted by molar-refractivity contribution is 5.49. The summed E-state index contributed by atoms with van der Waals surface area (Å²) in [5, 5.41) is 83.6. The van der Waals surface area contributed by atoms with E-state index in [-0.39, 0.29) is 29.0 Å². The van der Waals surface area contributed by atoms with E-state index in [1.165, 1.54) is 0 Å². The summed E-state index contributed by atoms with van der Waals surface area (Å²) in [6.07, 6.45) is -4.22. The zero-order chi connectivity index (χ0) is 37.9. The molecule has 0 aromatic heterocycles. The highest BCUT2D eigenvalue weighted by atomic mass is 16.8. The second-order valence-electron chi connectivity index (χ2n) is 18.0. The van der Waals surface area contributed by atoms with Crippen LogP contribution in [0.25, 0.3) is 0 Å². The van der Waals surface area contributed by atoms with Crippen LogP contribution in [0.15, 0.2) is 22.8 Å². The maximum Gasteiger partial charge on any atom is 0.187 e. The Morgan fingerprint density at radius 3 is 2.10 bits per heavy atom. The van der Waals surface area contributed by atoms with Crippen LogP contribution in [0.5, 0.6) is 0 Å². The van der Waals surface area contributed by atoms with Crippen molar-refractivity contribution >= 4 is 0 Å². The molecule has 6 aliphatic rings. The minimum atomic E-state index is -1.72. The third-order valence-electron chi connectivity index (χ3n) is 14.3. The van der Waals surface area contributed by atoms with E-state index in [2.05, 4.69) is 47.6 Å². The molecule has 0 amide bonds. The summed E-state index contributed by atoms with van der Waals surface area (Å²) in [5.74, 6) is 1.87. The molecule has 6 rings (SSSR count). The molecule has 2 aliphatic heterocycles. The molecule has 3 fully saturated rings. The monoisotopic (exact) mass is 738 g/mol. The van der Waals surface area contributed by atoms with Crippen molar-refractivity contribution in [1.29, 1.82) is 0 Å². The Bertz CT molecular complexity index is 1300. The maximum absolute atomic E-state index is 11.2. The molecule has 12 nitrogen and oxygen atoms in total. The molecule has 1 saturated carbocycles. The van der Waals surface area contributed by atoms with Crippen LogP contribution < -0.4 is 0 Å². The number of aliphatic hydroxyl groups excluding tert-OH is 8. The summed E-state index contributed by atoms with van der Waals surface area (Å²) >= 11 is 0. The van der Waals surface area contributed by atoms with Gasteiger partial charge in [-0.1, -0.05) is 53.2 Å². The second kappa shape index (κ2) is 15.9. The van der Waals surface area contributed by atoms with Gasteiger partial charge in [-0.2, -0.15) is 0 Å². The van der Waals surface area contributed by atoms with Gasteiger partial charge in [0.1, 0.15) is 48.8 Å². The number of ether oxygens (including phenoxy) is 4. The molecule has 52 heavy (non-hydrogen) atoms. The van der Waals surface area contributed by atoms with Gasteiger partial charge >= 0.3 is 0 Å². The molecule has 4 aliphatic carbocycles. The fourth-order valence-corrected chi connectivity index (χ4v) is 11.4. The van der Waals surface area contributed by atoms with Crippen molar-refractivity contribution in [3.63, 3.8) is 0 Å². The number of aliphatic hydroxyl groups is 8. The summed E-state index contributed by atoms with van der Waals surface area (Å²) in [6.45, 7) is 12.5. The predicted octanol–water partition coefficient (Wildman–Crippen LogP) is 2.32. The highest BCUT2D eigenvalue weighted by Gasteiger charge is 2.57. The molecule has 8 N–H and O–H groups in total. The van der Waals surface area contributed by atoms with E-state index in [4.69, 9.17) is 18.9 Å². The Morgan fingerprint density at radius 1 is 0.788 bits per heavy atom. The molecule has 0 radical (unpaired) electrons. The molecular weight excluding hydrogens is 672 g/mol. The van der Waals surface area contributed by atoms with Crippen molar-refractivity contribution in [1.82, 2.24) is 0 Å². The SMILES string of the molecule is CC(C)C[C@H](O)C[C@@H](C)[C@H]1CC=C2C3=C(CC[C@@]21C)[C@@]1(C)CC[C@H](O[C@@H]2O[C@H](CO)[C@H](O)[C@H](O)[C@H]2O[C@@H]2O[C@H](CO)[C@H](O)[C@H](O)[C@H]2O)[C@@H](C)[C@@H]1CC3. The lowest BCUT2D eigenvalue weighted by molar-refractivity contribution is -0.374. The molecular formula is C40H66O12. The van der Waals surface area contributed by atoms with Crippen LogP contribution in [0.2, 0.25) is 0 Å². The minimum absolute atomic E-state index is 0.00478. The van der Waals surface area contributed by atoms with Crippen molar-refractivity contribution in [3.05, 3.63) is 22.8 Å². The zero-order valence-corrected chi connectivity index (χ0v) is 31.9. The molecule has 12 heteroatoms. The van der Waals surface area contributed by atoms with Gasteiger partial charge in [0.15, 0.2) is 12.6 Å². The maximum atomic E-state index is 11.2. The summed E-state index contributed by atoms with van der Waals surface area (Å²) in [6, 6.07) is 0. The van der Waals surface area contributed by atoms with E-state index in [1.807, 2.05) is 0 Å². The lowest BCUT2D eigenvalue weighted by Crippen LogP contribution is -2.65. The Morgan fingerprint density at radius 2 is 1.44 bits per heavy atom. The molecule has 18 atom stereocenters. The Labute approximate surface area is 308 Å². The summed E-state index contributed by atoms with van der Waals surface area (Å²) in [5.41, 5.74) is 4.80. The number of hydrogen-bond acceptors (Lipinski definition) is 12. The predicted molar refractivity (Wildman–Crippen MR) is 190 cm³/mol. The molecule has 2 heterocycles. The average Bonchev–Trinajstić information content (AvgIpc) is 3.46. The average molecular weight is 739 g/mol. The van der Waals surface area contributed by atoms with E-state index >= 15 is 0 Å². The van der Waals surface area contributed by atoms with Crippen LogP contribution in [0.1, 0.15) is 99.3 Å². The van der Waals surface area contributed by atoms with Gasteiger partial charge in [-0.3, -0.25) is 0 Å². The topological polar surface area (TPSA) is 199 Å². The van der Waals surface area contributed by atoms with Crippen molar-refractivity contribution < 1.29 is 59.8 Å². The van der Waals surface area contributed by atoms with Gasteiger partial charge in [0.2, 0.25) is 0 Å². The Balaban J connectivity index is 1.17. The van der Waals surface area contributed by atoms with E-state index in [0.717, 1.165) is 51.4 Å². The van der Waals surface area contributed by atoms with Gasteiger partial charge in [0.05, 0.1) is 25.4 Å². The van der Waals surface area contributed by atoms with Gasteiger partial charge in [-0.05, 0) is 109 Å². The summed E-state index contributed by atoms with van der Waals surface area (Å²) < 4.78 is 24.1. The normalized spacial score (nSPS) is 47.8. The van der Waals surface area contributed by atoms with Gasteiger partial charge in [-0.25, -0.2) is 0 Å². The lowest BCUT2D eigenvalue weighted by Gasteiger charge is -2.57. The number of rotatable bonds is 11. The number of hydrogen-bond donors (Lipinski definition) is 8. The van der Waals surface area contributed by atoms with Crippen LogP contribution in [-0.2, 0) is 18.9 Å². The molecule has 0 spiro atoms. The van der Waals surface area contributed by atoms with Crippen molar-refractivity contribution in [3.8, 4) is 0 Å². The van der Waals surface area contributed by atoms with Crippen molar-refractivity contribution in [2.24, 2.45) is 40.4 Å². The van der Waals surface area contributed by atoms with Crippen LogP contribution in [0, 0.1) is 40.4 Å². The third kappa shape index (κ3) is 7.23. The number of allylic oxidation sites excluding steroid dienone is 4. The van der Waals surface area contributed by atoms with Crippen LogP contribution in [-0.4, -0.2) is 128 Å². The smallest absolute Gasteiger partial charge is 0.187 e. The van der Waals surface area contributed by atoms with E-state index in [1.54, 1.807) is 16.7 Å². The van der Waals surface area contributed by atoms with Crippen molar-refractivity contribution in [2.75, 3.05) is 13.2 Å². The van der Waals surface area contributed by atoms with Crippen LogP contribution >= 0.6 is 0 Å². The lowest BCUT2D eigenvalue weighted by atomic mass is 9.49. The first kappa shape index (κ1) is 40.7. The molecule has 0 bridgehead atoms. The largest absolute Gasteiger partial charge is 0.394 e. The van der Waals surface area contributed by atoms with Crippen LogP contribution in [0.4, 0.5) is 0 Å². The van der Waals surface area contributed by atoms with Gasteiger partial charge < -0.3 is 59.8 Å². The Kier molecular flexibility index (Phi) is 12.4. The molecule has 0 aromatic carbocycles. The standard InChI is InChI=1S/C40H66O12/c1-19(2)15-22(43)16-20(3)24-9-10-26-23-7-8-25-21(4)28(12-14-40(25,6)27(23)11-13-39(24,26)5)49-38-36(34(47)32(45)30(18-42)51-38)52-37-35(48)33(46)31(44)29(17-41)50-37/h10,19-22,24-25,28-38,41-48H,7-9,11-18H2,1-6H3/t20-,21+,22+,24-,25+,28+,29-,30-,31+,32+,33+,34+,35-,36-,37+,38-,39-,40+/m1/s1. The fourth-order valence-electron chi connectivity index (χ4n) is 11.4. The third-order valence-corrected chi connectivity index (χ3v) is 14.3. The molecule has 298 valence electrons. The first-order valence-electron chi connectivity index (χ1n) is 19.9. The summed E-state index contributed by atoms with van der Waals surface area (Å²) in [7, 11) is 0. The summed E-state index contributed by atoms with van der Waals surface area (Å²) in [4.78, 5) is 0. The molecule has 0 aromatic rings. The molecule has 0 unspecified atom stereocenters. The second-order valence-corrected chi connectivity index (χ2v) is 18.0. The number of fused-ring (bicyclic) bond motifs is 4.